The number of thiophene rings is 1. The van der Waals surface area contributed by atoms with Crippen LogP contribution in [0, 0.1) is 0 Å². The van der Waals surface area contributed by atoms with Crippen molar-refractivity contribution >= 4 is 29.1 Å². The Morgan fingerprint density at radius 1 is 0.963 bits per heavy atom. The van der Waals surface area contributed by atoms with E-state index in [1.165, 1.54) is 4.90 Å². The van der Waals surface area contributed by atoms with Crippen molar-refractivity contribution in [3.8, 4) is 11.1 Å². The molecule has 0 radical (unpaired) electrons. The molecule has 6 nitrogen and oxygen atoms in total. The number of nitrogens with zero attached hydrogens (tertiary/aromatic N) is 2. The highest BCUT2D eigenvalue weighted by molar-refractivity contribution is 7.08. The smallest absolute Gasteiger partial charge is 0.255 e. The summed E-state index contributed by atoms with van der Waals surface area (Å²) in [6.45, 7) is 0.990. The molecule has 1 aromatic carbocycles. The Hall–Kier alpha value is -2.51. The number of imide groups is 1. The molecule has 4 rings (SSSR count). The first-order chi connectivity index (χ1) is 13.1. The molecule has 2 fully saturated rings. The first kappa shape index (κ1) is 17.9. The van der Waals surface area contributed by atoms with E-state index in [1.807, 2.05) is 29.6 Å². The van der Waals surface area contributed by atoms with Crippen molar-refractivity contribution in [2.24, 2.45) is 0 Å². The average Bonchev–Trinajstić information content (AvgIpc) is 3.23. The fraction of sp³-hybridized carbons (Fsp3) is 0.350. The number of rotatable bonds is 3. The summed E-state index contributed by atoms with van der Waals surface area (Å²) in [4.78, 5) is 39.8. The molecule has 2 aliphatic rings. The van der Waals surface area contributed by atoms with E-state index in [1.54, 1.807) is 16.2 Å². The molecule has 0 aliphatic carbocycles. The summed E-state index contributed by atoms with van der Waals surface area (Å²) < 4.78 is 4.96. The molecular weight excluding hydrogens is 364 g/mol. The molecule has 0 unspecified atom stereocenters. The van der Waals surface area contributed by atoms with Gasteiger partial charge in [-0.3, -0.25) is 19.3 Å². The monoisotopic (exact) mass is 384 g/mol. The Balaban J connectivity index is 1.38. The molecule has 2 aliphatic heterocycles. The molecule has 0 N–H and O–H groups in total. The second-order valence-electron chi connectivity index (χ2n) is 6.76. The molecule has 27 heavy (non-hydrogen) atoms. The molecule has 0 spiro atoms. The second-order valence-corrected chi connectivity index (χ2v) is 7.54. The molecule has 0 saturated carbocycles. The van der Waals surface area contributed by atoms with Crippen LogP contribution in [0.3, 0.4) is 0 Å². The van der Waals surface area contributed by atoms with Crippen molar-refractivity contribution in [3.63, 3.8) is 0 Å². The fourth-order valence-corrected chi connectivity index (χ4v) is 4.32. The van der Waals surface area contributed by atoms with Crippen molar-refractivity contribution in [2.75, 3.05) is 26.3 Å². The molecule has 3 heterocycles. The third-order valence-electron chi connectivity index (χ3n) is 5.09. The van der Waals surface area contributed by atoms with E-state index in [0.717, 1.165) is 11.1 Å². The van der Waals surface area contributed by atoms with Crippen LogP contribution < -0.4 is 0 Å². The molecule has 1 aromatic heterocycles. The number of hydrogen-bond donors (Lipinski definition) is 0. The van der Waals surface area contributed by atoms with Gasteiger partial charge >= 0.3 is 0 Å². The van der Waals surface area contributed by atoms with Gasteiger partial charge < -0.3 is 9.64 Å². The van der Waals surface area contributed by atoms with Crippen molar-refractivity contribution < 1.29 is 19.1 Å². The Morgan fingerprint density at radius 3 is 2.22 bits per heavy atom. The number of piperidine rings is 1. The number of morpholine rings is 1. The van der Waals surface area contributed by atoms with Gasteiger partial charge in [0.1, 0.15) is 13.2 Å². The molecule has 0 atom stereocenters. The van der Waals surface area contributed by atoms with Crippen molar-refractivity contribution in [1.82, 2.24) is 9.80 Å². The van der Waals surface area contributed by atoms with Crippen molar-refractivity contribution in [1.29, 1.82) is 0 Å². The largest absolute Gasteiger partial charge is 0.362 e. The van der Waals surface area contributed by atoms with Gasteiger partial charge in [-0.15, -0.1) is 0 Å². The zero-order valence-corrected chi connectivity index (χ0v) is 15.6. The lowest BCUT2D eigenvalue weighted by molar-refractivity contribution is -0.162. The van der Waals surface area contributed by atoms with Gasteiger partial charge in [0.05, 0.1) is 0 Å². The minimum atomic E-state index is -0.278. The number of amides is 3. The molecule has 2 aromatic rings. The van der Waals surface area contributed by atoms with E-state index in [9.17, 15) is 14.4 Å². The minimum absolute atomic E-state index is 0.00931. The van der Waals surface area contributed by atoms with E-state index in [2.05, 4.69) is 11.4 Å². The van der Waals surface area contributed by atoms with Crippen LogP contribution in [0.2, 0.25) is 0 Å². The first-order valence-electron chi connectivity index (χ1n) is 8.98. The summed E-state index contributed by atoms with van der Waals surface area (Å²) >= 11 is 1.64. The van der Waals surface area contributed by atoms with Crippen LogP contribution >= 0.6 is 11.3 Å². The zero-order valence-electron chi connectivity index (χ0n) is 14.8. The lowest BCUT2D eigenvalue weighted by Gasteiger charge is -2.38. The number of carbonyl (C=O) groups is 3. The Labute approximate surface area is 161 Å². The number of hydrogen-bond acceptors (Lipinski definition) is 5. The van der Waals surface area contributed by atoms with Crippen LogP contribution in [0.25, 0.3) is 11.1 Å². The van der Waals surface area contributed by atoms with Gasteiger partial charge in [-0.05, 0) is 52.9 Å². The molecule has 140 valence electrons. The number of ether oxygens (including phenoxy) is 1. The highest BCUT2D eigenvalue weighted by atomic mass is 32.1. The summed E-state index contributed by atoms with van der Waals surface area (Å²) in [6.07, 6.45) is 1.21. The van der Waals surface area contributed by atoms with Gasteiger partial charge in [0.2, 0.25) is 0 Å². The summed E-state index contributed by atoms with van der Waals surface area (Å²) in [5, 5.41) is 4.11. The van der Waals surface area contributed by atoms with E-state index < -0.39 is 0 Å². The van der Waals surface area contributed by atoms with Gasteiger partial charge in [-0.1, -0.05) is 12.1 Å². The van der Waals surface area contributed by atoms with E-state index >= 15 is 0 Å². The average molecular weight is 384 g/mol. The maximum Gasteiger partial charge on any atom is 0.255 e. The fourth-order valence-electron chi connectivity index (χ4n) is 3.65. The quantitative estimate of drug-likeness (QED) is 0.762. The second kappa shape index (κ2) is 7.62. The molecule has 0 bridgehead atoms. The summed E-state index contributed by atoms with van der Waals surface area (Å²) in [6, 6.07) is 9.56. The molecular formula is C20H20N2O4S. The zero-order chi connectivity index (χ0) is 18.8. The molecule has 3 amide bonds. The summed E-state index contributed by atoms with van der Waals surface area (Å²) in [7, 11) is 0. The number of carbonyl (C=O) groups excluding carboxylic acids is 3. The Morgan fingerprint density at radius 2 is 1.63 bits per heavy atom. The highest BCUT2D eigenvalue weighted by Crippen LogP contribution is 2.24. The van der Waals surface area contributed by atoms with Gasteiger partial charge in [-0.2, -0.15) is 11.3 Å². The van der Waals surface area contributed by atoms with E-state index in [0.29, 0.717) is 31.5 Å². The van der Waals surface area contributed by atoms with Crippen LogP contribution in [0.1, 0.15) is 23.2 Å². The van der Waals surface area contributed by atoms with Crippen LogP contribution in [0.4, 0.5) is 0 Å². The predicted octanol–water partition coefficient (Wildman–Crippen LogP) is 2.41. The Kier molecular flexibility index (Phi) is 5.05. The lowest BCUT2D eigenvalue weighted by atomic mass is 10.0. The standard InChI is InChI=1S/C20H20N2O4S/c23-18-11-26-12-19(24)22(18)17-5-8-21(9-6-17)20(25)15-3-1-14(2-4-15)16-7-10-27-13-16/h1-4,7,10,13,17H,5-6,8-9,11-12H2. The summed E-state index contributed by atoms with van der Waals surface area (Å²) in [5.74, 6) is -0.565. The van der Waals surface area contributed by atoms with Crippen LogP contribution in [-0.4, -0.2) is 59.9 Å². The van der Waals surface area contributed by atoms with Crippen LogP contribution in [-0.2, 0) is 14.3 Å². The summed E-state index contributed by atoms with van der Waals surface area (Å²) in [5.41, 5.74) is 2.90. The topological polar surface area (TPSA) is 66.9 Å². The Bertz CT molecular complexity index is 823. The van der Waals surface area contributed by atoms with Gasteiger partial charge in [0, 0.05) is 24.7 Å². The third-order valence-corrected chi connectivity index (χ3v) is 5.77. The first-order valence-corrected chi connectivity index (χ1v) is 9.92. The van der Waals surface area contributed by atoms with Crippen LogP contribution in [0.5, 0.6) is 0 Å². The maximum atomic E-state index is 12.8. The van der Waals surface area contributed by atoms with E-state index in [-0.39, 0.29) is 37.0 Å². The molecule has 7 heteroatoms. The third kappa shape index (κ3) is 3.65. The van der Waals surface area contributed by atoms with E-state index in [4.69, 9.17) is 4.74 Å². The normalized spacial score (nSPS) is 18.8. The van der Waals surface area contributed by atoms with Crippen molar-refractivity contribution in [3.05, 3.63) is 46.7 Å². The maximum absolute atomic E-state index is 12.8. The van der Waals surface area contributed by atoms with Gasteiger partial charge in [0.25, 0.3) is 17.7 Å². The predicted molar refractivity (Wildman–Crippen MR) is 101 cm³/mol. The highest BCUT2D eigenvalue weighted by Gasteiger charge is 2.35. The van der Waals surface area contributed by atoms with Crippen molar-refractivity contribution in [2.45, 2.75) is 18.9 Å². The van der Waals surface area contributed by atoms with Gasteiger partial charge in [-0.25, -0.2) is 0 Å². The van der Waals surface area contributed by atoms with Crippen LogP contribution in [0.15, 0.2) is 41.1 Å². The van der Waals surface area contributed by atoms with Gasteiger partial charge in [0.15, 0.2) is 0 Å². The molecule has 2 saturated heterocycles. The number of benzene rings is 1. The lowest BCUT2D eigenvalue weighted by Crippen LogP contribution is -2.55. The number of likely N-dealkylation sites (tertiary alicyclic amines) is 1. The SMILES string of the molecule is O=C(c1ccc(-c2ccsc2)cc1)N1CCC(N2C(=O)COCC2=O)CC1. The minimum Gasteiger partial charge on any atom is -0.362 e.